The normalized spacial score (nSPS) is 20.2. The summed E-state index contributed by atoms with van der Waals surface area (Å²) in [5.74, 6) is 0.309. The number of amides is 1. The van der Waals surface area contributed by atoms with Crippen LogP contribution < -0.4 is 11.1 Å². The van der Waals surface area contributed by atoms with E-state index >= 15 is 0 Å². The minimum atomic E-state index is -0.0877. The Kier molecular flexibility index (Phi) is 5.58. The Morgan fingerprint density at radius 1 is 1.72 bits per heavy atom. The fourth-order valence-electron chi connectivity index (χ4n) is 2.04. The highest BCUT2D eigenvalue weighted by Crippen LogP contribution is 2.10. The van der Waals surface area contributed by atoms with E-state index in [0.29, 0.717) is 12.4 Å². The molecule has 0 spiro atoms. The van der Waals surface area contributed by atoms with E-state index in [2.05, 4.69) is 15.4 Å². The van der Waals surface area contributed by atoms with Crippen LogP contribution in [0.2, 0.25) is 0 Å². The van der Waals surface area contributed by atoms with Crippen molar-refractivity contribution < 1.29 is 9.32 Å². The summed E-state index contributed by atoms with van der Waals surface area (Å²) < 4.78 is 4.92. The third-order valence-electron chi connectivity index (χ3n) is 2.80. The van der Waals surface area contributed by atoms with Gasteiger partial charge < -0.3 is 10.3 Å². The molecule has 0 aromatic carbocycles. The number of aromatic nitrogens is 1. The van der Waals surface area contributed by atoms with Crippen molar-refractivity contribution in [2.24, 2.45) is 5.73 Å². The largest absolute Gasteiger partial charge is 0.338 e. The van der Waals surface area contributed by atoms with Crippen LogP contribution in [0.15, 0.2) is 10.6 Å². The van der Waals surface area contributed by atoms with E-state index in [0.717, 1.165) is 31.6 Å². The second-order valence-electron chi connectivity index (χ2n) is 4.52. The van der Waals surface area contributed by atoms with E-state index in [1.165, 1.54) is 0 Å². The topological polar surface area (TPSA) is 84.4 Å². The molecule has 2 rings (SSSR count). The van der Waals surface area contributed by atoms with Crippen molar-refractivity contribution in [1.82, 2.24) is 10.1 Å². The van der Waals surface area contributed by atoms with E-state index in [4.69, 9.17) is 10.3 Å². The van der Waals surface area contributed by atoms with Gasteiger partial charge in [-0.15, -0.1) is 12.4 Å². The molecule has 1 unspecified atom stereocenters. The van der Waals surface area contributed by atoms with Crippen LogP contribution in [0.3, 0.4) is 0 Å². The van der Waals surface area contributed by atoms with E-state index in [9.17, 15) is 4.79 Å². The molecule has 1 fully saturated rings. The number of anilines is 1. The summed E-state index contributed by atoms with van der Waals surface area (Å²) >= 11 is 0. The summed E-state index contributed by atoms with van der Waals surface area (Å²) in [5, 5.41) is 6.38. The maximum atomic E-state index is 11.7. The predicted octanol–water partition coefficient (Wildman–Crippen LogP) is 0.766. The zero-order chi connectivity index (χ0) is 12.3. The summed E-state index contributed by atoms with van der Waals surface area (Å²) in [4.78, 5) is 13.8. The molecule has 102 valence electrons. The summed E-state index contributed by atoms with van der Waals surface area (Å²) in [6, 6.07) is 1.88. The molecule has 1 aromatic rings. The maximum absolute atomic E-state index is 11.7. The highest BCUT2D eigenvalue weighted by Gasteiger charge is 2.19. The van der Waals surface area contributed by atoms with Gasteiger partial charge in [0.1, 0.15) is 0 Å². The number of halogens is 1. The zero-order valence-corrected chi connectivity index (χ0v) is 11.2. The molecule has 2 heterocycles. The minimum Gasteiger partial charge on any atom is -0.338 e. The smallest absolute Gasteiger partial charge is 0.240 e. The lowest BCUT2D eigenvalue weighted by Crippen LogP contribution is -2.45. The Balaban J connectivity index is 0.00000162. The summed E-state index contributed by atoms with van der Waals surface area (Å²) in [5.41, 5.74) is 6.61. The van der Waals surface area contributed by atoms with Crippen LogP contribution in [-0.2, 0) is 4.79 Å². The second kappa shape index (κ2) is 6.72. The molecule has 1 atom stereocenters. The third kappa shape index (κ3) is 4.29. The van der Waals surface area contributed by atoms with Crippen molar-refractivity contribution in [2.45, 2.75) is 25.8 Å². The standard InChI is InChI=1S/C11H18N4O2.ClH/c1-8-5-11(17-14-8)13-10(16)7-15-4-2-3-9(12)6-15;/h5,9H,2-4,6-7,12H2,1H3,(H,13,16);1H. The summed E-state index contributed by atoms with van der Waals surface area (Å²) in [6.45, 7) is 3.87. The Hall–Kier alpha value is -1.11. The Morgan fingerprint density at radius 2 is 2.50 bits per heavy atom. The Bertz CT molecular complexity index is 396. The molecular formula is C11H19ClN4O2. The van der Waals surface area contributed by atoms with Crippen LogP contribution >= 0.6 is 12.4 Å². The van der Waals surface area contributed by atoms with Gasteiger partial charge in [0, 0.05) is 18.7 Å². The van der Waals surface area contributed by atoms with Crippen LogP contribution in [0.4, 0.5) is 5.88 Å². The first-order valence-electron chi connectivity index (χ1n) is 5.84. The predicted molar refractivity (Wildman–Crippen MR) is 70.8 cm³/mol. The maximum Gasteiger partial charge on any atom is 0.240 e. The van der Waals surface area contributed by atoms with Gasteiger partial charge in [-0.2, -0.15) is 0 Å². The van der Waals surface area contributed by atoms with Gasteiger partial charge in [0.25, 0.3) is 0 Å². The molecular weight excluding hydrogens is 256 g/mol. The van der Waals surface area contributed by atoms with Crippen molar-refractivity contribution in [3.05, 3.63) is 11.8 Å². The van der Waals surface area contributed by atoms with Gasteiger partial charge in [0.2, 0.25) is 11.8 Å². The van der Waals surface area contributed by atoms with Gasteiger partial charge >= 0.3 is 0 Å². The second-order valence-corrected chi connectivity index (χ2v) is 4.52. The van der Waals surface area contributed by atoms with Crippen molar-refractivity contribution in [3.63, 3.8) is 0 Å². The van der Waals surface area contributed by atoms with Crippen LogP contribution in [0.25, 0.3) is 0 Å². The number of hydrogen-bond acceptors (Lipinski definition) is 5. The van der Waals surface area contributed by atoms with Gasteiger partial charge in [-0.25, -0.2) is 0 Å². The fourth-order valence-corrected chi connectivity index (χ4v) is 2.04. The monoisotopic (exact) mass is 274 g/mol. The lowest BCUT2D eigenvalue weighted by atomic mass is 10.1. The van der Waals surface area contributed by atoms with Crippen molar-refractivity contribution in [2.75, 3.05) is 25.0 Å². The van der Waals surface area contributed by atoms with E-state index < -0.39 is 0 Å². The van der Waals surface area contributed by atoms with Gasteiger partial charge in [-0.1, -0.05) is 5.16 Å². The number of likely N-dealkylation sites (tertiary alicyclic amines) is 1. The van der Waals surface area contributed by atoms with Crippen LogP contribution in [-0.4, -0.2) is 41.6 Å². The molecule has 1 amide bonds. The molecule has 1 aliphatic heterocycles. The Morgan fingerprint density at radius 3 is 3.11 bits per heavy atom. The molecule has 7 heteroatoms. The van der Waals surface area contributed by atoms with Crippen molar-refractivity contribution >= 4 is 24.2 Å². The highest BCUT2D eigenvalue weighted by atomic mass is 35.5. The average Bonchev–Trinajstić information content (AvgIpc) is 2.63. The zero-order valence-electron chi connectivity index (χ0n) is 10.4. The first kappa shape index (κ1) is 14.9. The van der Waals surface area contributed by atoms with Crippen molar-refractivity contribution in [3.8, 4) is 0 Å². The molecule has 1 aromatic heterocycles. The lowest BCUT2D eigenvalue weighted by Gasteiger charge is -2.29. The number of nitrogens with one attached hydrogen (secondary N) is 1. The molecule has 0 aliphatic carbocycles. The molecule has 0 bridgehead atoms. The third-order valence-corrected chi connectivity index (χ3v) is 2.80. The number of carbonyl (C=O) groups excluding carboxylic acids is 1. The number of piperidine rings is 1. The first-order valence-corrected chi connectivity index (χ1v) is 5.84. The SMILES string of the molecule is Cc1cc(NC(=O)CN2CCCC(N)C2)on1.Cl. The number of carbonyl (C=O) groups is 1. The molecule has 0 saturated carbocycles. The highest BCUT2D eigenvalue weighted by molar-refractivity contribution is 5.90. The summed E-state index contributed by atoms with van der Waals surface area (Å²) in [6.07, 6.45) is 2.09. The quantitative estimate of drug-likeness (QED) is 0.850. The number of nitrogens with zero attached hydrogens (tertiary/aromatic N) is 2. The Labute approximate surface area is 112 Å². The van der Waals surface area contributed by atoms with E-state index in [1.54, 1.807) is 6.07 Å². The molecule has 3 N–H and O–H groups in total. The number of hydrogen-bond donors (Lipinski definition) is 2. The van der Waals surface area contributed by atoms with Crippen molar-refractivity contribution in [1.29, 1.82) is 0 Å². The van der Waals surface area contributed by atoms with Crippen LogP contribution in [0.1, 0.15) is 18.5 Å². The number of rotatable bonds is 3. The molecule has 0 radical (unpaired) electrons. The number of nitrogens with two attached hydrogens (primary N) is 1. The molecule has 1 saturated heterocycles. The molecule has 1 aliphatic rings. The summed E-state index contributed by atoms with van der Waals surface area (Å²) in [7, 11) is 0. The van der Waals surface area contributed by atoms with Gasteiger partial charge in [0.05, 0.1) is 12.2 Å². The number of aryl methyl sites for hydroxylation is 1. The van der Waals surface area contributed by atoms with E-state index in [1.807, 2.05) is 6.92 Å². The van der Waals surface area contributed by atoms with Crippen LogP contribution in [0, 0.1) is 6.92 Å². The van der Waals surface area contributed by atoms with Gasteiger partial charge in [0.15, 0.2) is 0 Å². The van der Waals surface area contributed by atoms with Gasteiger partial charge in [-0.3, -0.25) is 15.0 Å². The van der Waals surface area contributed by atoms with E-state index in [-0.39, 0.29) is 24.4 Å². The molecule has 18 heavy (non-hydrogen) atoms. The van der Waals surface area contributed by atoms with Gasteiger partial charge in [-0.05, 0) is 26.3 Å². The molecule has 6 nitrogen and oxygen atoms in total. The average molecular weight is 275 g/mol. The van der Waals surface area contributed by atoms with Crippen LogP contribution in [0.5, 0.6) is 0 Å². The minimum absolute atomic E-state index is 0. The fraction of sp³-hybridized carbons (Fsp3) is 0.636. The lowest BCUT2D eigenvalue weighted by molar-refractivity contribution is -0.117. The first-order chi connectivity index (χ1) is 8.13.